The molecule has 1 aliphatic rings. The molecule has 4 nitrogen and oxygen atoms in total. The summed E-state index contributed by atoms with van der Waals surface area (Å²) in [7, 11) is 1.82. The number of aliphatic imine (C=N–C) groups is 1. The molecule has 136 valence electrons. The number of hydrogen-bond donors (Lipinski definition) is 2. The van der Waals surface area contributed by atoms with Crippen LogP contribution in [0.3, 0.4) is 0 Å². The summed E-state index contributed by atoms with van der Waals surface area (Å²) < 4.78 is 5.87. The van der Waals surface area contributed by atoms with Crippen LogP contribution in [-0.2, 0) is 11.2 Å². The van der Waals surface area contributed by atoms with E-state index >= 15 is 0 Å². The molecule has 0 spiro atoms. The summed E-state index contributed by atoms with van der Waals surface area (Å²) >= 11 is 0. The number of halogens is 1. The lowest BCUT2D eigenvalue weighted by Gasteiger charge is -2.13. The number of guanidine groups is 1. The van der Waals surface area contributed by atoms with Gasteiger partial charge in [-0.15, -0.1) is 24.0 Å². The van der Waals surface area contributed by atoms with E-state index in [9.17, 15) is 0 Å². The molecule has 0 atom stereocenters. The monoisotopic (exact) mass is 445 g/mol. The Morgan fingerprint density at radius 1 is 1.08 bits per heavy atom. The number of hydrogen-bond acceptors (Lipinski definition) is 2. The molecule has 1 aromatic rings. The highest BCUT2D eigenvalue weighted by Crippen LogP contribution is 2.20. The van der Waals surface area contributed by atoms with Crippen LogP contribution in [0.25, 0.3) is 0 Å². The molecular weight excluding hydrogens is 413 g/mol. The summed E-state index contributed by atoms with van der Waals surface area (Å²) in [5.41, 5.74) is 1.39. The summed E-state index contributed by atoms with van der Waals surface area (Å²) in [4.78, 5) is 4.26. The second-order valence-corrected chi connectivity index (χ2v) is 6.15. The minimum absolute atomic E-state index is 0. The smallest absolute Gasteiger partial charge is 0.190 e. The van der Waals surface area contributed by atoms with Gasteiger partial charge in [-0.1, -0.05) is 43.2 Å². The molecule has 0 aliphatic heterocycles. The predicted molar refractivity (Wildman–Crippen MR) is 112 cm³/mol. The number of ether oxygens (including phenoxy) is 1. The molecule has 2 rings (SSSR count). The van der Waals surface area contributed by atoms with Crippen molar-refractivity contribution in [3.8, 4) is 0 Å². The van der Waals surface area contributed by atoms with E-state index in [4.69, 9.17) is 4.74 Å². The van der Waals surface area contributed by atoms with Crippen molar-refractivity contribution >= 4 is 29.9 Å². The first-order chi connectivity index (χ1) is 11.4. The summed E-state index contributed by atoms with van der Waals surface area (Å²) in [6, 6.07) is 10.6. The van der Waals surface area contributed by atoms with Crippen molar-refractivity contribution in [3.05, 3.63) is 35.9 Å². The molecular formula is C19H32IN3O. The summed E-state index contributed by atoms with van der Waals surface area (Å²) in [6.45, 7) is 2.70. The Hall–Kier alpha value is -0.820. The average Bonchev–Trinajstić information content (AvgIpc) is 3.11. The van der Waals surface area contributed by atoms with Crippen LogP contribution in [0.1, 0.15) is 44.1 Å². The van der Waals surface area contributed by atoms with Crippen LogP contribution >= 0.6 is 24.0 Å². The number of nitrogens with zero attached hydrogens (tertiary/aromatic N) is 1. The first-order valence-electron chi connectivity index (χ1n) is 8.98. The fraction of sp³-hybridized carbons (Fsp3) is 0.632. The van der Waals surface area contributed by atoms with E-state index in [1.165, 1.54) is 31.2 Å². The van der Waals surface area contributed by atoms with Crippen molar-refractivity contribution in [1.29, 1.82) is 0 Å². The van der Waals surface area contributed by atoms with E-state index in [0.29, 0.717) is 6.10 Å². The van der Waals surface area contributed by atoms with E-state index < -0.39 is 0 Å². The molecule has 0 radical (unpaired) electrons. The van der Waals surface area contributed by atoms with Crippen molar-refractivity contribution in [2.45, 2.75) is 51.0 Å². The fourth-order valence-corrected chi connectivity index (χ4v) is 2.95. The lowest BCUT2D eigenvalue weighted by atomic mass is 10.1. The third kappa shape index (κ3) is 8.87. The zero-order chi connectivity index (χ0) is 16.2. The Labute approximate surface area is 163 Å². The van der Waals surface area contributed by atoms with E-state index in [2.05, 4.69) is 46.0 Å². The third-order valence-corrected chi connectivity index (χ3v) is 4.27. The summed E-state index contributed by atoms with van der Waals surface area (Å²) in [6.07, 6.45) is 8.92. The Morgan fingerprint density at radius 2 is 1.75 bits per heavy atom. The van der Waals surface area contributed by atoms with E-state index in [1.807, 2.05) is 7.05 Å². The largest absolute Gasteiger partial charge is 0.378 e. The Balaban J connectivity index is 0.00000288. The first kappa shape index (κ1) is 21.2. The molecule has 0 aromatic heterocycles. The molecule has 5 heteroatoms. The first-order valence-corrected chi connectivity index (χ1v) is 8.98. The topological polar surface area (TPSA) is 45.7 Å². The molecule has 1 aliphatic carbocycles. The van der Waals surface area contributed by atoms with E-state index in [0.717, 1.165) is 44.9 Å². The number of nitrogens with one attached hydrogen (secondary N) is 2. The maximum Gasteiger partial charge on any atom is 0.190 e. The lowest BCUT2D eigenvalue weighted by Crippen LogP contribution is -2.38. The lowest BCUT2D eigenvalue weighted by molar-refractivity contribution is 0.0574. The second kappa shape index (κ2) is 13.5. The molecule has 0 saturated heterocycles. The van der Waals surface area contributed by atoms with Gasteiger partial charge in [0.05, 0.1) is 6.10 Å². The Bertz CT molecular complexity index is 447. The van der Waals surface area contributed by atoms with Gasteiger partial charge < -0.3 is 15.4 Å². The molecule has 0 heterocycles. The summed E-state index contributed by atoms with van der Waals surface area (Å²) in [5.74, 6) is 0.888. The maximum atomic E-state index is 5.87. The van der Waals surface area contributed by atoms with Crippen molar-refractivity contribution < 1.29 is 4.74 Å². The van der Waals surface area contributed by atoms with Gasteiger partial charge in [-0.25, -0.2) is 0 Å². The van der Waals surface area contributed by atoms with Crippen molar-refractivity contribution in [2.24, 2.45) is 4.99 Å². The predicted octanol–water partition coefficient (Wildman–Crippen LogP) is 3.75. The summed E-state index contributed by atoms with van der Waals surface area (Å²) in [5, 5.41) is 6.72. The Morgan fingerprint density at radius 3 is 2.42 bits per heavy atom. The van der Waals surface area contributed by atoms with Gasteiger partial charge in [-0.2, -0.15) is 0 Å². The highest BCUT2D eigenvalue weighted by molar-refractivity contribution is 14.0. The van der Waals surface area contributed by atoms with Crippen LogP contribution < -0.4 is 10.6 Å². The zero-order valence-electron chi connectivity index (χ0n) is 14.8. The van der Waals surface area contributed by atoms with Gasteiger partial charge in [0.1, 0.15) is 0 Å². The highest BCUT2D eigenvalue weighted by Gasteiger charge is 2.14. The SMILES string of the molecule is CN=C(NCCCOC1CCCC1)NCCCc1ccccc1.I. The van der Waals surface area contributed by atoms with Gasteiger partial charge in [0.15, 0.2) is 5.96 Å². The maximum absolute atomic E-state index is 5.87. The van der Waals surface area contributed by atoms with E-state index in [-0.39, 0.29) is 24.0 Å². The second-order valence-electron chi connectivity index (χ2n) is 6.15. The van der Waals surface area contributed by atoms with Crippen LogP contribution in [0.5, 0.6) is 0 Å². The van der Waals surface area contributed by atoms with Gasteiger partial charge in [-0.3, -0.25) is 4.99 Å². The normalized spacial score (nSPS) is 15.1. The minimum Gasteiger partial charge on any atom is -0.378 e. The van der Waals surface area contributed by atoms with Gasteiger partial charge in [0.25, 0.3) is 0 Å². The quantitative estimate of drug-likeness (QED) is 0.264. The number of rotatable bonds is 9. The number of benzene rings is 1. The molecule has 24 heavy (non-hydrogen) atoms. The van der Waals surface area contributed by atoms with Crippen LogP contribution in [0.4, 0.5) is 0 Å². The molecule has 2 N–H and O–H groups in total. The van der Waals surface area contributed by atoms with Gasteiger partial charge in [0.2, 0.25) is 0 Å². The van der Waals surface area contributed by atoms with Crippen molar-refractivity contribution in [3.63, 3.8) is 0 Å². The third-order valence-electron chi connectivity index (χ3n) is 4.27. The molecule has 0 unspecified atom stereocenters. The molecule has 0 amide bonds. The molecule has 0 bridgehead atoms. The molecule has 1 fully saturated rings. The number of aryl methyl sites for hydroxylation is 1. The average molecular weight is 445 g/mol. The van der Waals surface area contributed by atoms with Crippen LogP contribution in [-0.4, -0.2) is 38.8 Å². The zero-order valence-corrected chi connectivity index (χ0v) is 17.1. The van der Waals surface area contributed by atoms with Crippen LogP contribution in [0.15, 0.2) is 35.3 Å². The highest BCUT2D eigenvalue weighted by atomic mass is 127. The van der Waals surface area contributed by atoms with Gasteiger partial charge in [-0.05, 0) is 37.7 Å². The van der Waals surface area contributed by atoms with Crippen LogP contribution in [0, 0.1) is 0 Å². The van der Waals surface area contributed by atoms with Crippen molar-refractivity contribution in [2.75, 3.05) is 26.7 Å². The molecule has 1 aromatic carbocycles. The standard InChI is InChI=1S/C19H31N3O.HI/c1-20-19(21-14-7-11-17-9-3-2-4-10-17)22-15-8-16-23-18-12-5-6-13-18;/h2-4,9-10,18H,5-8,11-16H2,1H3,(H2,20,21,22);1H. The van der Waals surface area contributed by atoms with Crippen molar-refractivity contribution in [1.82, 2.24) is 10.6 Å². The van der Waals surface area contributed by atoms with Crippen LogP contribution in [0.2, 0.25) is 0 Å². The minimum atomic E-state index is 0. The Kier molecular flexibility index (Phi) is 11.9. The van der Waals surface area contributed by atoms with Gasteiger partial charge in [0, 0.05) is 26.7 Å². The van der Waals surface area contributed by atoms with E-state index in [1.54, 1.807) is 0 Å². The fourth-order valence-electron chi connectivity index (χ4n) is 2.95. The van der Waals surface area contributed by atoms with Gasteiger partial charge >= 0.3 is 0 Å². The molecule has 1 saturated carbocycles.